The molecule has 0 bridgehead atoms. The summed E-state index contributed by atoms with van der Waals surface area (Å²) < 4.78 is 38.9. The van der Waals surface area contributed by atoms with Crippen molar-refractivity contribution < 1.29 is 17.6 Å². The lowest BCUT2D eigenvalue weighted by Gasteiger charge is -2.12. The number of amides is 1. The molecule has 1 amide bonds. The van der Waals surface area contributed by atoms with Crippen LogP contribution in [-0.4, -0.2) is 26.0 Å². The third-order valence-electron chi connectivity index (χ3n) is 3.42. The maximum atomic E-state index is 12.8. The van der Waals surface area contributed by atoms with Crippen LogP contribution >= 0.6 is 12.2 Å². The standard InChI is InChI=1S/C17H19FN4O3S2/c1-2-20-27(24,25)15-9-5-13(6-10-15)16(23)21-22-17(26)19-11-12-3-7-14(18)8-4-12/h3-10,20H,2,11H2,1H3,(H,21,23)(H2,19,22,26). The van der Waals surface area contributed by atoms with E-state index in [4.69, 9.17) is 12.2 Å². The Hall–Kier alpha value is -2.56. The average molecular weight is 410 g/mol. The van der Waals surface area contributed by atoms with Gasteiger partial charge in [-0.05, 0) is 54.2 Å². The smallest absolute Gasteiger partial charge is 0.269 e. The van der Waals surface area contributed by atoms with Crippen LogP contribution in [0.25, 0.3) is 0 Å². The molecule has 0 aromatic heterocycles. The Balaban J connectivity index is 1.84. The van der Waals surface area contributed by atoms with Crippen LogP contribution in [0.1, 0.15) is 22.8 Å². The highest BCUT2D eigenvalue weighted by atomic mass is 32.2. The molecule has 0 aliphatic heterocycles. The number of carbonyl (C=O) groups is 1. The lowest BCUT2D eigenvalue weighted by Crippen LogP contribution is -2.46. The van der Waals surface area contributed by atoms with Crippen LogP contribution < -0.4 is 20.9 Å². The van der Waals surface area contributed by atoms with Gasteiger partial charge in [0.15, 0.2) is 5.11 Å². The van der Waals surface area contributed by atoms with Crippen molar-refractivity contribution in [3.63, 3.8) is 0 Å². The van der Waals surface area contributed by atoms with Gasteiger partial charge in [0.1, 0.15) is 5.82 Å². The molecule has 2 rings (SSSR count). The van der Waals surface area contributed by atoms with Crippen molar-refractivity contribution in [3.05, 3.63) is 65.5 Å². The SMILES string of the molecule is CCNS(=O)(=O)c1ccc(C(=O)NNC(=S)NCc2ccc(F)cc2)cc1. The molecule has 0 heterocycles. The summed E-state index contributed by atoms with van der Waals surface area (Å²) in [4.78, 5) is 12.2. The molecule has 4 N–H and O–H groups in total. The number of benzene rings is 2. The second kappa shape index (κ2) is 9.40. The molecular weight excluding hydrogens is 391 g/mol. The molecule has 0 radical (unpaired) electrons. The first-order valence-electron chi connectivity index (χ1n) is 8.00. The van der Waals surface area contributed by atoms with Gasteiger partial charge in [-0.25, -0.2) is 17.5 Å². The summed E-state index contributed by atoms with van der Waals surface area (Å²) in [5, 5.41) is 3.04. The topological polar surface area (TPSA) is 99.3 Å². The predicted molar refractivity (Wildman–Crippen MR) is 104 cm³/mol. The quantitative estimate of drug-likeness (QED) is 0.425. The summed E-state index contributed by atoms with van der Waals surface area (Å²) in [6, 6.07) is 11.4. The monoisotopic (exact) mass is 410 g/mol. The number of hydrogen-bond acceptors (Lipinski definition) is 4. The van der Waals surface area contributed by atoms with Crippen molar-refractivity contribution in [1.82, 2.24) is 20.9 Å². The summed E-state index contributed by atoms with van der Waals surface area (Å²) in [7, 11) is -3.57. The van der Waals surface area contributed by atoms with E-state index < -0.39 is 15.9 Å². The van der Waals surface area contributed by atoms with Gasteiger partial charge >= 0.3 is 0 Å². The minimum atomic E-state index is -3.57. The molecule has 0 saturated heterocycles. The van der Waals surface area contributed by atoms with Crippen LogP contribution in [0.4, 0.5) is 4.39 Å². The van der Waals surface area contributed by atoms with Crippen molar-refractivity contribution in [2.24, 2.45) is 0 Å². The highest BCUT2D eigenvalue weighted by Gasteiger charge is 2.13. The first kappa shape index (κ1) is 20.7. The molecule has 0 aliphatic carbocycles. The molecule has 2 aromatic carbocycles. The fourth-order valence-corrected chi connectivity index (χ4v) is 3.24. The molecule has 0 spiro atoms. The Labute approximate surface area is 162 Å². The number of halogens is 1. The number of carbonyl (C=O) groups excluding carboxylic acids is 1. The Morgan fingerprint density at radius 2 is 1.67 bits per heavy atom. The molecule has 0 fully saturated rings. The maximum absolute atomic E-state index is 12.8. The number of rotatable bonds is 6. The average Bonchev–Trinajstić information content (AvgIpc) is 2.65. The molecule has 2 aromatic rings. The molecule has 27 heavy (non-hydrogen) atoms. The predicted octanol–water partition coefficient (Wildman–Crippen LogP) is 1.43. The summed E-state index contributed by atoms with van der Waals surface area (Å²) >= 11 is 5.05. The van der Waals surface area contributed by atoms with E-state index in [2.05, 4.69) is 20.9 Å². The van der Waals surface area contributed by atoms with E-state index in [1.165, 1.54) is 36.4 Å². The number of sulfonamides is 1. The fraction of sp³-hybridized carbons (Fsp3) is 0.176. The van der Waals surface area contributed by atoms with Crippen molar-refractivity contribution in [2.45, 2.75) is 18.4 Å². The van der Waals surface area contributed by atoms with Gasteiger partial charge < -0.3 is 5.32 Å². The molecule has 0 atom stereocenters. The van der Waals surface area contributed by atoms with Crippen LogP contribution in [0.5, 0.6) is 0 Å². The largest absolute Gasteiger partial charge is 0.357 e. The summed E-state index contributed by atoms with van der Waals surface area (Å²) in [5.74, 6) is -0.802. The zero-order valence-electron chi connectivity index (χ0n) is 14.5. The third kappa shape index (κ3) is 6.27. The van der Waals surface area contributed by atoms with E-state index >= 15 is 0 Å². The fourth-order valence-electron chi connectivity index (χ4n) is 2.07. The summed E-state index contributed by atoms with van der Waals surface area (Å²) in [6.07, 6.45) is 0. The van der Waals surface area contributed by atoms with Gasteiger partial charge in [-0.15, -0.1) is 0 Å². The van der Waals surface area contributed by atoms with E-state index in [0.29, 0.717) is 6.54 Å². The Kier molecular flexibility index (Phi) is 7.22. The van der Waals surface area contributed by atoms with E-state index in [1.54, 1.807) is 19.1 Å². The van der Waals surface area contributed by atoms with Crippen molar-refractivity contribution in [2.75, 3.05) is 6.54 Å². The Morgan fingerprint density at radius 3 is 2.26 bits per heavy atom. The van der Waals surface area contributed by atoms with Gasteiger partial charge in [0, 0.05) is 18.7 Å². The van der Waals surface area contributed by atoms with Crippen molar-refractivity contribution in [3.8, 4) is 0 Å². The van der Waals surface area contributed by atoms with Gasteiger partial charge in [-0.2, -0.15) is 0 Å². The second-order valence-electron chi connectivity index (χ2n) is 5.41. The van der Waals surface area contributed by atoms with Crippen LogP contribution in [0.15, 0.2) is 53.4 Å². The highest BCUT2D eigenvalue weighted by molar-refractivity contribution is 7.89. The second-order valence-corrected chi connectivity index (χ2v) is 7.59. The lowest BCUT2D eigenvalue weighted by molar-refractivity contribution is 0.0943. The van der Waals surface area contributed by atoms with E-state index in [1.807, 2.05) is 0 Å². The first-order valence-corrected chi connectivity index (χ1v) is 9.89. The van der Waals surface area contributed by atoms with Gasteiger partial charge in [0.05, 0.1) is 4.90 Å². The van der Waals surface area contributed by atoms with Crippen LogP contribution in [0, 0.1) is 5.82 Å². The number of hydrogen-bond donors (Lipinski definition) is 4. The van der Waals surface area contributed by atoms with Crippen LogP contribution in [0.3, 0.4) is 0 Å². The van der Waals surface area contributed by atoms with E-state index in [0.717, 1.165) is 5.56 Å². The Morgan fingerprint density at radius 1 is 1.04 bits per heavy atom. The van der Waals surface area contributed by atoms with Gasteiger partial charge in [0.25, 0.3) is 5.91 Å². The van der Waals surface area contributed by atoms with Gasteiger partial charge in [0.2, 0.25) is 10.0 Å². The minimum Gasteiger partial charge on any atom is -0.357 e. The molecular formula is C17H19FN4O3S2. The van der Waals surface area contributed by atoms with Crippen molar-refractivity contribution >= 4 is 33.3 Å². The summed E-state index contributed by atoms with van der Waals surface area (Å²) in [6.45, 7) is 2.31. The molecule has 10 heteroatoms. The molecule has 0 aliphatic rings. The van der Waals surface area contributed by atoms with E-state index in [9.17, 15) is 17.6 Å². The molecule has 7 nitrogen and oxygen atoms in total. The third-order valence-corrected chi connectivity index (χ3v) is 5.22. The van der Waals surface area contributed by atoms with E-state index in [-0.39, 0.29) is 27.9 Å². The highest BCUT2D eigenvalue weighted by Crippen LogP contribution is 2.10. The normalized spacial score (nSPS) is 10.9. The van der Waals surface area contributed by atoms with Crippen LogP contribution in [-0.2, 0) is 16.6 Å². The van der Waals surface area contributed by atoms with Gasteiger partial charge in [-0.3, -0.25) is 15.6 Å². The lowest BCUT2D eigenvalue weighted by atomic mass is 10.2. The summed E-state index contributed by atoms with van der Waals surface area (Å²) in [5.41, 5.74) is 6.04. The molecule has 0 unspecified atom stereocenters. The number of nitrogens with one attached hydrogen (secondary N) is 4. The molecule has 0 saturated carbocycles. The number of hydrazine groups is 1. The number of thiocarbonyl (C=S) groups is 1. The zero-order chi connectivity index (χ0) is 19.9. The van der Waals surface area contributed by atoms with Crippen molar-refractivity contribution in [1.29, 1.82) is 0 Å². The maximum Gasteiger partial charge on any atom is 0.269 e. The van der Waals surface area contributed by atoms with Gasteiger partial charge in [-0.1, -0.05) is 19.1 Å². The Bertz CT molecular complexity index is 901. The molecule has 144 valence electrons. The minimum absolute atomic E-state index is 0.0744. The first-order chi connectivity index (χ1) is 12.8. The van der Waals surface area contributed by atoms with Crippen LogP contribution in [0.2, 0.25) is 0 Å². The zero-order valence-corrected chi connectivity index (χ0v) is 16.1.